The van der Waals surface area contributed by atoms with Crippen LogP contribution in [0.5, 0.6) is 5.75 Å². The zero-order chi connectivity index (χ0) is 30.3. The Labute approximate surface area is 251 Å². The summed E-state index contributed by atoms with van der Waals surface area (Å²) in [5.41, 5.74) is 5.17. The highest BCUT2D eigenvalue weighted by Crippen LogP contribution is 2.63. The Morgan fingerprint density at radius 3 is 2.63 bits per heavy atom. The lowest BCUT2D eigenvalue weighted by Crippen LogP contribution is -2.58. The summed E-state index contributed by atoms with van der Waals surface area (Å²) >= 11 is 0. The maximum absolute atomic E-state index is 12.4. The van der Waals surface area contributed by atoms with Crippen LogP contribution < -0.4 is 20.3 Å². The molecule has 0 radical (unpaired) electrons. The van der Waals surface area contributed by atoms with Gasteiger partial charge in [-0.15, -0.1) is 0 Å². The summed E-state index contributed by atoms with van der Waals surface area (Å²) in [4.78, 5) is 25.8. The van der Waals surface area contributed by atoms with Gasteiger partial charge >= 0.3 is 0 Å². The van der Waals surface area contributed by atoms with Crippen molar-refractivity contribution in [1.82, 2.24) is 19.4 Å². The molecule has 2 heterocycles. The molecule has 0 spiro atoms. The number of carbonyl (C=O) groups is 1. The number of hydrogen-bond acceptors (Lipinski definition) is 8. The first-order chi connectivity index (χ1) is 20.7. The van der Waals surface area contributed by atoms with Gasteiger partial charge in [0.2, 0.25) is 11.9 Å². The Hall–Kier alpha value is -4.88. The van der Waals surface area contributed by atoms with Crippen molar-refractivity contribution in [3.63, 3.8) is 0 Å². The quantitative estimate of drug-likeness (QED) is 0.230. The smallest absolute Gasteiger partial charge is 0.247 e. The third kappa shape index (κ3) is 5.06. The molecule has 2 aromatic carbocycles. The van der Waals surface area contributed by atoms with Gasteiger partial charge in [0.15, 0.2) is 0 Å². The van der Waals surface area contributed by atoms with Crippen LogP contribution in [0.4, 0.5) is 23.0 Å². The largest absolute Gasteiger partial charge is 0.494 e. The number of nitrogens with zero attached hydrogens (tertiary/aromatic N) is 6. The fourth-order valence-electron chi connectivity index (χ4n) is 6.24. The second-order valence-corrected chi connectivity index (χ2v) is 11.8. The van der Waals surface area contributed by atoms with Gasteiger partial charge in [-0.05, 0) is 57.5 Å². The molecule has 43 heavy (non-hydrogen) atoms. The predicted molar refractivity (Wildman–Crippen MR) is 170 cm³/mol. The van der Waals surface area contributed by atoms with Gasteiger partial charge in [0.1, 0.15) is 11.8 Å². The number of para-hydroxylation sites is 1. The third-order valence-electron chi connectivity index (χ3n) is 8.69. The minimum Gasteiger partial charge on any atom is -0.494 e. The number of nitrogens with one attached hydrogen (secondary N) is 2. The third-order valence-corrected chi connectivity index (χ3v) is 8.69. The summed E-state index contributed by atoms with van der Waals surface area (Å²) in [7, 11) is 7.59. The molecule has 2 N–H and O–H groups in total. The van der Waals surface area contributed by atoms with Crippen molar-refractivity contribution in [3.8, 4) is 23.1 Å². The number of hydrogen-bond donors (Lipinski definition) is 2. The first-order valence-electron chi connectivity index (χ1n) is 14.4. The molecule has 1 amide bonds. The summed E-state index contributed by atoms with van der Waals surface area (Å²) < 4.78 is 8.16. The number of likely N-dealkylation sites (N-methyl/N-ethyl adjacent to an activating group) is 2. The molecule has 0 aliphatic heterocycles. The molecule has 2 aromatic heterocycles. The van der Waals surface area contributed by atoms with Gasteiger partial charge in [0, 0.05) is 54.4 Å². The van der Waals surface area contributed by atoms with Crippen LogP contribution in [0.1, 0.15) is 24.8 Å². The lowest BCUT2D eigenvalue weighted by atomic mass is 9.49. The first kappa shape index (κ1) is 28.2. The van der Waals surface area contributed by atoms with Crippen molar-refractivity contribution in [2.45, 2.75) is 24.8 Å². The molecule has 220 valence electrons. The number of amides is 1. The Bertz CT molecular complexity index is 1750. The molecule has 3 aliphatic rings. The van der Waals surface area contributed by atoms with E-state index in [2.05, 4.69) is 67.0 Å². The zero-order valence-electron chi connectivity index (χ0n) is 25.0. The normalized spacial score (nSPS) is 18.4. The molecule has 4 aromatic rings. The fourth-order valence-corrected chi connectivity index (χ4v) is 6.24. The molecule has 3 fully saturated rings. The highest BCUT2D eigenvalue weighted by Gasteiger charge is 2.58. The summed E-state index contributed by atoms with van der Waals surface area (Å²) in [5, 5.41) is 17.3. The Kier molecular flexibility index (Phi) is 7.28. The standard InChI is InChI=1S/C33H36N8O2/c1-6-30(42)36-25-13-26(29(43-5)14-28(25)40(4)12-11-39(2)3)37-32-35-19-22(18-34)31(38-32)24-20-41(33-15-21(16-33)17-33)27-10-8-7-9-23(24)27/h6-10,13-14,19-21H,1,11-12,15-17H2,2-5H3,(H,36,42)(H,35,37,38). The Morgan fingerprint density at radius 2 is 1.98 bits per heavy atom. The number of rotatable bonds is 11. The number of methoxy groups -OCH3 is 1. The van der Waals surface area contributed by atoms with Crippen molar-refractivity contribution in [1.29, 1.82) is 5.26 Å². The number of aromatic nitrogens is 3. The van der Waals surface area contributed by atoms with Crippen LogP contribution >= 0.6 is 0 Å². The number of carbonyl (C=O) groups excluding carboxylic acids is 1. The number of nitriles is 1. The number of benzene rings is 2. The molecule has 3 aliphatic carbocycles. The summed E-state index contributed by atoms with van der Waals surface area (Å²) in [6.07, 6.45) is 8.57. The average Bonchev–Trinajstić information content (AvgIpc) is 3.33. The van der Waals surface area contributed by atoms with Crippen molar-refractivity contribution in [2.75, 3.05) is 56.9 Å². The second-order valence-electron chi connectivity index (χ2n) is 11.8. The lowest BCUT2D eigenvalue weighted by molar-refractivity contribution is -0.111. The molecule has 2 bridgehead atoms. The topological polar surface area (TPSA) is 111 Å². The van der Waals surface area contributed by atoms with Crippen LogP contribution in [0.2, 0.25) is 0 Å². The molecule has 3 saturated carbocycles. The Balaban J connectivity index is 1.39. The SMILES string of the molecule is C=CC(=O)Nc1cc(Nc2ncc(C#N)c(-c3cn(C45CC(C4)C5)c4ccccc34)n2)c(OC)cc1N(C)CCN(C)C. The summed E-state index contributed by atoms with van der Waals surface area (Å²) in [6.45, 7) is 5.16. The highest BCUT2D eigenvalue weighted by molar-refractivity contribution is 6.02. The van der Waals surface area contributed by atoms with Gasteiger partial charge < -0.3 is 29.7 Å². The van der Waals surface area contributed by atoms with Crippen LogP contribution in [0.25, 0.3) is 22.2 Å². The number of fused-ring (bicyclic) bond motifs is 1. The van der Waals surface area contributed by atoms with E-state index in [9.17, 15) is 10.1 Å². The fraction of sp³-hybridized carbons (Fsp3) is 0.333. The lowest BCUT2D eigenvalue weighted by Gasteiger charge is -2.62. The van der Waals surface area contributed by atoms with E-state index >= 15 is 0 Å². The minimum absolute atomic E-state index is 0.185. The van der Waals surface area contributed by atoms with Crippen molar-refractivity contribution in [3.05, 3.63) is 67.0 Å². The van der Waals surface area contributed by atoms with E-state index in [1.165, 1.54) is 25.3 Å². The van der Waals surface area contributed by atoms with Gasteiger partial charge in [0.05, 0.1) is 41.6 Å². The van der Waals surface area contributed by atoms with E-state index in [0.717, 1.165) is 41.2 Å². The maximum atomic E-state index is 12.4. The van der Waals surface area contributed by atoms with Crippen LogP contribution in [0.15, 0.2) is 61.4 Å². The van der Waals surface area contributed by atoms with E-state index in [-0.39, 0.29) is 11.4 Å². The first-order valence-corrected chi connectivity index (χ1v) is 14.4. The molecular formula is C33H36N8O2. The molecule has 7 rings (SSSR count). The van der Waals surface area contributed by atoms with Gasteiger partial charge in [0.25, 0.3) is 0 Å². The van der Waals surface area contributed by atoms with Crippen LogP contribution in [-0.4, -0.2) is 66.7 Å². The average molecular weight is 577 g/mol. The molecular weight excluding hydrogens is 540 g/mol. The minimum atomic E-state index is -0.324. The van der Waals surface area contributed by atoms with E-state index in [0.29, 0.717) is 34.3 Å². The highest BCUT2D eigenvalue weighted by atomic mass is 16.5. The number of anilines is 4. The van der Waals surface area contributed by atoms with E-state index in [1.54, 1.807) is 19.4 Å². The van der Waals surface area contributed by atoms with Crippen molar-refractivity contribution in [2.24, 2.45) is 5.92 Å². The second kappa shape index (κ2) is 11.1. The van der Waals surface area contributed by atoms with Crippen LogP contribution in [0.3, 0.4) is 0 Å². The molecule has 0 unspecified atom stereocenters. The van der Waals surface area contributed by atoms with E-state index in [4.69, 9.17) is 9.72 Å². The van der Waals surface area contributed by atoms with Crippen LogP contribution in [-0.2, 0) is 10.3 Å². The summed E-state index contributed by atoms with van der Waals surface area (Å²) in [6, 6.07) is 14.3. The van der Waals surface area contributed by atoms with Crippen molar-refractivity contribution < 1.29 is 9.53 Å². The molecule has 10 nitrogen and oxygen atoms in total. The monoisotopic (exact) mass is 576 g/mol. The van der Waals surface area contributed by atoms with E-state index in [1.807, 2.05) is 33.3 Å². The van der Waals surface area contributed by atoms with Gasteiger partial charge in [-0.3, -0.25) is 4.79 Å². The summed E-state index contributed by atoms with van der Waals surface area (Å²) in [5.74, 6) is 1.38. The van der Waals surface area contributed by atoms with Gasteiger partial charge in [-0.1, -0.05) is 24.8 Å². The molecule has 0 saturated heterocycles. The zero-order valence-corrected chi connectivity index (χ0v) is 25.0. The number of ether oxygens (including phenoxy) is 1. The molecule has 0 atom stereocenters. The van der Waals surface area contributed by atoms with E-state index < -0.39 is 0 Å². The van der Waals surface area contributed by atoms with Crippen LogP contribution in [0, 0.1) is 17.2 Å². The van der Waals surface area contributed by atoms with Gasteiger partial charge in [-0.25, -0.2) is 9.97 Å². The maximum Gasteiger partial charge on any atom is 0.247 e. The van der Waals surface area contributed by atoms with Crippen molar-refractivity contribution >= 4 is 39.8 Å². The Morgan fingerprint density at radius 1 is 1.21 bits per heavy atom. The van der Waals surface area contributed by atoms with Gasteiger partial charge in [-0.2, -0.15) is 5.26 Å². The predicted octanol–water partition coefficient (Wildman–Crippen LogP) is 5.35. The molecule has 10 heteroatoms.